The third kappa shape index (κ3) is 4.29. The highest BCUT2D eigenvalue weighted by Gasteiger charge is 2.33. The molecule has 3 aromatic heterocycles. The maximum absolute atomic E-state index is 15.0. The molecule has 0 bridgehead atoms. The van der Waals surface area contributed by atoms with Crippen LogP contribution in [-0.2, 0) is 0 Å². The Labute approximate surface area is 228 Å². The number of nitrogen functional groups attached to an aromatic ring is 1. The third-order valence-corrected chi connectivity index (χ3v) is 7.44. The molecule has 0 saturated heterocycles. The van der Waals surface area contributed by atoms with Gasteiger partial charge in [0, 0.05) is 39.7 Å². The van der Waals surface area contributed by atoms with Crippen LogP contribution in [0, 0.1) is 11.6 Å². The lowest BCUT2D eigenvalue weighted by atomic mass is 9.98. The Kier molecular flexibility index (Phi) is 6.05. The SMILES string of the molecule is Nc1c(C(=O)c2c([O-])on[n+]2-c2ccccc2)sc2nc(-c3ccc(Cl)cc3)cc(-c3ccc(F)cc3F)c12. The third-order valence-electron chi connectivity index (χ3n) is 6.09. The Hall–Kier alpha value is -4.67. The van der Waals surface area contributed by atoms with Crippen LogP contribution >= 0.6 is 22.9 Å². The second-order valence-corrected chi connectivity index (χ2v) is 9.93. The van der Waals surface area contributed by atoms with Gasteiger partial charge in [0.25, 0.3) is 5.78 Å². The summed E-state index contributed by atoms with van der Waals surface area (Å²) in [5.74, 6) is -3.23. The van der Waals surface area contributed by atoms with E-state index in [4.69, 9.17) is 21.9 Å². The zero-order valence-electron chi connectivity index (χ0n) is 19.7. The van der Waals surface area contributed by atoms with Crippen LogP contribution in [0.15, 0.2) is 83.4 Å². The number of nitrogens with two attached hydrogens (primary N) is 1. The van der Waals surface area contributed by atoms with Crippen molar-refractivity contribution in [1.29, 1.82) is 0 Å². The number of benzene rings is 3. The number of nitrogens with zero attached hydrogens (tertiary/aromatic N) is 3. The minimum absolute atomic E-state index is 0.000456. The molecule has 6 aromatic rings. The van der Waals surface area contributed by atoms with Crippen LogP contribution in [0.4, 0.5) is 14.5 Å². The summed E-state index contributed by atoms with van der Waals surface area (Å²) in [4.78, 5) is 18.7. The van der Waals surface area contributed by atoms with Gasteiger partial charge in [0.15, 0.2) is 5.95 Å². The maximum Gasteiger partial charge on any atom is 0.312 e. The van der Waals surface area contributed by atoms with Gasteiger partial charge in [-0.2, -0.15) is 0 Å². The number of fused-ring (bicyclic) bond motifs is 1. The van der Waals surface area contributed by atoms with Crippen LogP contribution in [0.25, 0.3) is 38.3 Å². The predicted molar refractivity (Wildman–Crippen MR) is 141 cm³/mol. The normalized spacial score (nSPS) is 11.3. The number of ketones is 1. The number of hydrogen-bond donors (Lipinski definition) is 1. The minimum atomic E-state index is -0.944. The first-order valence-electron chi connectivity index (χ1n) is 11.5. The molecule has 0 spiro atoms. The number of anilines is 1. The molecule has 0 aliphatic heterocycles. The lowest BCUT2D eigenvalue weighted by Crippen LogP contribution is -2.39. The topological polar surface area (TPSA) is 109 Å². The number of hydrogen-bond acceptors (Lipinski definition) is 7. The van der Waals surface area contributed by atoms with E-state index in [9.17, 15) is 14.3 Å². The molecule has 192 valence electrons. The predicted octanol–water partition coefficient (Wildman–Crippen LogP) is 5.71. The van der Waals surface area contributed by atoms with Crippen LogP contribution in [0.2, 0.25) is 5.02 Å². The van der Waals surface area contributed by atoms with Gasteiger partial charge in [-0.3, -0.25) is 4.79 Å². The summed E-state index contributed by atoms with van der Waals surface area (Å²) in [6.45, 7) is 0. The molecule has 0 unspecified atom stereocenters. The van der Waals surface area contributed by atoms with E-state index in [1.54, 1.807) is 60.7 Å². The van der Waals surface area contributed by atoms with Crippen molar-refractivity contribution in [3.05, 3.63) is 106 Å². The van der Waals surface area contributed by atoms with E-state index < -0.39 is 23.4 Å². The highest BCUT2D eigenvalue weighted by molar-refractivity contribution is 7.21. The Morgan fingerprint density at radius 2 is 1.74 bits per heavy atom. The highest BCUT2D eigenvalue weighted by atomic mass is 35.5. The number of aromatic nitrogens is 3. The van der Waals surface area contributed by atoms with Crippen LogP contribution in [0.1, 0.15) is 15.4 Å². The highest BCUT2D eigenvalue weighted by Crippen LogP contribution is 2.43. The molecule has 0 atom stereocenters. The van der Waals surface area contributed by atoms with Crippen molar-refractivity contribution in [3.63, 3.8) is 0 Å². The molecule has 6 rings (SSSR count). The number of para-hydroxylation sites is 1. The van der Waals surface area contributed by atoms with Crippen LogP contribution in [0.5, 0.6) is 5.95 Å². The van der Waals surface area contributed by atoms with Crippen LogP contribution in [0.3, 0.4) is 0 Å². The molecule has 0 aliphatic carbocycles. The zero-order valence-corrected chi connectivity index (χ0v) is 21.3. The second-order valence-electron chi connectivity index (χ2n) is 8.50. The van der Waals surface area contributed by atoms with Gasteiger partial charge in [0.1, 0.15) is 21.3 Å². The average Bonchev–Trinajstić information content (AvgIpc) is 3.48. The summed E-state index contributed by atoms with van der Waals surface area (Å²) in [6.07, 6.45) is 0. The van der Waals surface area contributed by atoms with Crippen molar-refractivity contribution >= 4 is 44.6 Å². The number of carbonyl (C=O) groups is 1. The van der Waals surface area contributed by atoms with Crippen molar-refractivity contribution in [2.45, 2.75) is 0 Å². The standard InChI is InChI=1S/C28H15ClF2N4O3S/c29-15-8-6-14(7-9-15)21-13-19(18-11-10-16(30)12-20(18)31)22-23(32)26(39-27(22)33-21)25(36)24-28(37)38-34-35(24)17-4-2-1-3-5-17/h1-13H,(H2-,32,34,36,37). The largest absolute Gasteiger partial charge is 0.539 e. The smallest absolute Gasteiger partial charge is 0.312 e. The number of pyridine rings is 1. The number of halogens is 3. The Balaban J connectivity index is 1.59. The summed E-state index contributed by atoms with van der Waals surface area (Å²) < 4.78 is 34.7. The molecule has 39 heavy (non-hydrogen) atoms. The summed E-state index contributed by atoms with van der Waals surface area (Å²) >= 11 is 6.98. The van der Waals surface area contributed by atoms with Gasteiger partial charge in [0.2, 0.25) is 5.69 Å². The molecule has 11 heteroatoms. The quantitative estimate of drug-likeness (QED) is 0.213. The van der Waals surface area contributed by atoms with Gasteiger partial charge in [-0.1, -0.05) is 41.9 Å². The lowest BCUT2D eigenvalue weighted by molar-refractivity contribution is -0.672. The average molecular weight is 561 g/mol. The molecule has 0 fully saturated rings. The first-order valence-corrected chi connectivity index (χ1v) is 12.6. The molecule has 3 heterocycles. The van der Waals surface area contributed by atoms with E-state index in [0.29, 0.717) is 37.7 Å². The molecule has 0 saturated carbocycles. The van der Waals surface area contributed by atoms with Crippen molar-refractivity contribution in [2.75, 3.05) is 5.73 Å². The Morgan fingerprint density at radius 1 is 1.00 bits per heavy atom. The fourth-order valence-corrected chi connectivity index (χ4v) is 5.46. The van der Waals surface area contributed by atoms with Gasteiger partial charge in [0.05, 0.1) is 16.7 Å². The van der Waals surface area contributed by atoms with Gasteiger partial charge in [-0.25, -0.2) is 13.8 Å². The molecular formula is C28H15ClF2N4O3S. The number of carbonyl (C=O) groups excluding carboxylic acids is 1. The molecule has 7 nitrogen and oxygen atoms in total. The Morgan fingerprint density at radius 3 is 2.46 bits per heavy atom. The van der Waals surface area contributed by atoms with E-state index in [2.05, 4.69) is 10.3 Å². The summed E-state index contributed by atoms with van der Waals surface area (Å²) in [7, 11) is 0. The van der Waals surface area contributed by atoms with Crippen molar-refractivity contribution in [3.8, 4) is 34.0 Å². The second kappa shape index (κ2) is 9.57. The van der Waals surface area contributed by atoms with Crippen molar-refractivity contribution in [2.24, 2.45) is 0 Å². The fourth-order valence-electron chi connectivity index (χ4n) is 4.27. The molecule has 2 N–H and O–H groups in total. The van der Waals surface area contributed by atoms with E-state index in [0.717, 1.165) is 28.2 Å². The first kappa shape index (κ1) is 24.7. The molecule has 0 aliphatic rings. The van der Waals surface area contributed by atoms with Gasteiger partial charge >= 0.3 is 5.69 Å². The van der Waals surface area contributed by atoms with Gasteiger partial charge in [-0.05, 0) is 40.6 Å². The molecule has 0 amide bonds. The summed E-state index contributed by atoms with van der Waals surface area (Å²) in [5, 5.41) is 17.1. The summed E-state index contributed by atoms with van der Waals surface area (Å²) in [5.41, 5.74) is 8.05. The molecule has 3 aromatic carbocycles. The minimum Gasteiger partial charge on any atom is -0.539 e. The zero-order chi connectivity index (χ0) is 27.3. The van der Waals surface area contributed by atoms with Crippen LogP contribution < -0.4 is 15.5 Å². The fraction of sp³-hybridized carbons (Fsp3) is 0. The number of rotatable bonds is 5. The Bertz CT molecular complexity index is 1890. The number of thiophene rings is 1. The summed E-state index contributed by atoms with van der Waals surface area (Å²) in [6, 6.07) is 20.2. The van der Waals surface area contributed by atoms with Crippen molar-refractivity contribution < 1.29 is 27.9 Å². The molecular weight excluding hydrogens is 546 g/mol. The van der Waals surface area contributed by atoms with E-state index in [-0.39, 0.29) is 21.8 Å². The van der Waals surface area contributed by atoms with Gasteiger partial charge in [-0.15, -0.1) is 11.3 Å². The van der Waals surface area contributed by atoms with E-state index in [1.807, 2.05) is 0 Å². The van der Waals surface area contributed by atoms with Crippen LogP contribution in [-0.4, -0.2) is 16.0 Å². The first-order chi connectivity index (χ1) is 18.8. The van der Waals surface area contributed by atoms with Crippen molar-refractivity contribution in [1.82, 2.24) is 10.3 Å². The monoisotopic (exact) mass is 560 g/mol. The molecule has 0 radical (unpaired) electrons. The van der Waals surface area contributed by atoms with Gasteiger partial charge < -0.3 is 15.4 Å². The van der Waals surface area contributed by atoms with E-state index in [1.165, 1.54) is 6.07 Å². The maximum atomic E-state index is 15.0. The van der Waals surface area contributed by atoms with E-state index >= 15 is 4.39 Å². The lowest BCUT2D eigenvalue weighted by Gasteiger charge is -2.10.